The van der Waals surface area contributed by atoms with Gasteiger partial charge in [0.05, 0.1) is 47.4 Å². The van der Waals surface area contributed by atoms with Gasteiger partial charge in [-0.05, 0) is 60.2 Å². The van der Waals surface area contributed by atoms with Crippen LogP contribution in [0.5, 0.6) is 11.5 Å². The third-order valence-electron chi connectivity index (χ3n) is 6.61. The van der Waals surface area contributed by atoms with Crippen molar-refractivity contribution in [1.82, 2.24) is 0 Å². The van der Waals surface area contributed by atoms with Crippen LogP contribution in [0.25, 0.3) is 0 Å². The van der Waals surface area contributed by atoms with Gasteiger partial charge in [-0.3, -0.25) is 9.59 Å². The molecule has 0 saturated heterocycles. The third kappa shape index (κ3) is 5.10. The highest BCUT2D eigenvalue weighted by Gasteiger charge is 2.36. The first-order valence-electron chi connectivity index (χ1n) is 12.3. The zero-order chi connectivity index (χ0) is 29.3. The fraction of sp³-hybridized carbons (Fsp3) is 0.100. The molecule has 4 aromatic rings. The first kappa shape index (κ1) is 27.4. The predicted molar refractivity (Wildman–Crippen MR) is 150 cm³/mol. The number of amides is 2. The monoisotopic (exact) mass is 572 g/mol. The summed E-state index contributed by atoms with van der Waals surface area (Å²) in [7, 11) is -1.20. The van der Waals surface area contributed by atoms with E-state index in [1.54, 1.807) is 36.4 Å². The largest absolute Gasteiger partial charge is 0.493 e. The molecule has 0 aromatic heterocycles. The topological polar surface area (TPSA) is 139 Å². The lowest BCUT2D eigenvalue weighted by molar-refractivity contribution is 0.0696. The van der Waals surface area contributed by atoms with Crippen LogP contribution in [0.3, 0.4) is 0 Å². The van der Waals surface area contributed by atoms with Crippen molar-refractivity contribution in [2.24, 2.45) is 0 Å². The summed E-state index contributed by atoms with van der Waals surface area (Å²) in [6.45, 7) is -0.141. The number of anilines is 2. The molecule has 0 radical (unpaired) electrons. The Morgan fingerprint density at radius 2 is 1.59 bits per heavy atom. The van der Waals surface area contributed by atoms with Crippen molar-refractivity contribution in [2.45, 2.75) is 16.3 Å². The summed E-state index contributed by atoms with van der Waals surface area (Å²) in [4.78, 5) is 39.6. The highest BCUT2D eigenvalue weighted by atomic mass is 32.2. The lowest BCUT2D eigenvalue weighted by Crippen LogP contribution is -2.30. The van der Waals surface area contributed by atoms with Crippen LogP contribution < -0.4 is 19.7 Å². The number of rotatable bonds is 7. The maximum absolute atomic E-state index is 13.8. The van der Waals surface area contributed by atoms with Gasteiger partial charge >= 0.3 is 5.97 Å². The second-order valence-corrected chi connectivity index (χ2v) is 11.0. The Hall–Kier alpha value is -5.16. The van der Waals surface area contributed by atoms with E-state index < -0.39 is 27.6 Å². The van der Waals surface area contributed by atoms with Gasteiger partial charge < -0.3 is 24.8 Å². The number of hydrogen-bond donors (Lipinski definition) is 2. The third-order valence-corrected chi connectivity index (χ3v) is 8.47. The molecule has 41 heavy (non-hydrogen) atoms. The van der Waals surface area contributed by atoms with E-state index in [0.717, 1.165) is 0 Å². The van der Waals surface area contributed by atoms with Gasteiger partial charge in [-0.25, -0.2) is 13.2 Å². The molecule has 2 N–H and O–H groups in total. The molecule has 0 unspecified atom stereocenters. The molecule has 0 bridgehead atoms. The standard InChI is InChI=1S/C30H24N2O8S/c1-39-24-12-11-21(16-25(24)40-2)31-28(33)19-10-13-27-23(15-19)32(17-18-6-5-7-20(14-18)30(35)36)29(34)22-8-3-4-9-26(22)41(27,37)38/h3-16H,17H2,1-2H3,(H,31,33)(H,35,36). The lowest BCUT2D eigenvalue weighted by Gasteiger charge is -2.24. The van der Waals surface area contributed by atoms with Crippen molar-refractivity contribution in [3.05, 3.63) is 107 Å². The van der Waals surface area contributed by atoms with Crippen molar-refractivity contribution >= 4 is 39.0 Å². The molecule has 11 heteroatoms. The van der Waals surface area contributed by atoms with E-state index in [1.165, 1.54) is 67.7 Å². The normalized spacial score (nSPS) is 13.4. The number of carboxylic acid groups (broad SMARTS) is 1. The number of carboxylic acids is 1. The number of carbonyl (C=O) groups excluding carboxylic acids is 2. The smallest absolute Gasteiger partial charge is 0.335 e. The number of nitrogens with one attached hydrogen (secondary N) is 1. The molecule has 0 spiro atoms. The molecular weight excluding hydrogens is 548 g/mol. The van der Waals surface area contributed by atoms with Gasteiger partial charge in [-0.1, -0.05) is 24.3 Å². The van der Waals surface area contributed by atoms with Crippen LogP contribution in [-0.2, 0) is 16.4 Å². The fourth-order valence-corrected chi connectivity index (χ4v) is 6.24. The molecule has 2 amide bonds. The summed E-state index contributed by atoms with van der Waals surface area (Å²) in [6.07, 6.45) is 0. The summed E-state index contributed by atoms with van der Waals surface area (Å²) in [5.74, 6) is -1.44. The Balaban J connectivity index is 1.61. The highest BCUT2D eigenvalue weighted by molar-refractivity contribution is 7.91. The second-order valence-electron chi connectivity index (χ2n) is 9.10. The number of sulfone groups is 1. The minimum atomic E-state index is -4.15. The second kappa shape index (κ2) is 10.8. The summed E-state index contributed by atoms with van der Waals surface area (Å²) < 4.78 is 38.0. The molecule has 0 atom stereocenters. The van der Waals surface area contributed by atoms with Crippen molar-refractivity contribution in [1.29, 1.82) is 0 Å². The van der Waals surface area contributed by atoms with Gasteiger partial charge in [-0.15, -0.1) is 0 Å². The number of hydrogen-bond acceptors (Lipinski definition) is 7. The molecule has 1 aliphatic rings. The van der Waals surface area contributed by atoms with Crippen LogP contribution >= 0.6 is 0 Å². The molecule has 0 saturated carbocycles. The lowest BCUT2D eigenvalue weighted by atomic mass is 10.1. The fourth-order valence-electron chi connectivity index (χ4n) is 4.61. The van der Waals surface area contributed by atoms with Crippen LogP contribution in [0.2, 0.25) is 0 Å². The average Bonchev–Trinajstić information content (AvgIpc) is 3.05. The zero-order valence-corrected chi connectivity index (χ0v) is 22.8. The molecule has 0 aliphatic carbocycles. The van der Waals surface area contributed by atoms with Crippen LogP contribution in [0.1, 0.15) is 36.6 Å². The van der Waals surface area contributed by atoms with Crippen molar-refractivity contribution in [2.75, 3.05) is 24.4 Å². The quantitative estimate of drug-likeness (QED) is 0.326. The summed E-state index contributed by atoms with van der Waals surface area (Å²) in [6, 6.07) is 20.7. The van der Waals surface area contributed by atoms with E-state index >= 15 is 0 Å². The SMILES string of the molecule is COc1ccc(NC(=O)c2ccc3c(c2)N(Cc2cccc(C(=O)O)c2)C(=O)c2ccccc2S3(=O)=O)cc1OC. The summed E-state index contributed by atoms with van der Waals surface area (Å²) >= 11 is 0. The minimum Gasteiger partial charge on any atom is -0.493 e. The maximum atomic E-state index is 13.8. The van der Waals surface area contributed by atoms with E-state index in [0.29, 0.717) is 22.7 Å². The van der Waals surface area contributed by atoms with Gasteiger partial charge in [0.15, 0.2) is 11.5 Å². The molecular formula is C30H24N2O8S. The molecule has 0 fully saturated rings. The van der Waals surface area contributed by atoms with Crippen molar-refractivity contribution in [3.63, 3.8) is 0 Å². The Bertz CT molecular complexity index is 1820. The predicted octanol–water partition coefficient (Wildman–Crippen LogP) is 4.65. The van der Waals surface area contributed by atoms with E-state index in [1.807, 2.05) is 0 Å². The average molecular weight is 573 g/mol. The highest BCUT2D eigenvalue weighted by Crippen LogP contribution is 2.38. The maximum Gasteiger partial charge on any atom is 0.335 e. The first-order chi connectivity index (χ1) is 19.6. The number of aromatic carboxylic acids is 1. The number of nitrogens with zero attached hydrogens (tertiary/aromatic N) is 1. The molecule has 10 nitrogen and oxygen atoms in total. The van der Waals surface area contributed by atoms with E-state index in [2.05, 4.69) is 5.32 Å². The van der Waals surface area contributed by atoms with Gasteiger partial charge in [-0.2, -0.15) is 0 Å². The number of carbonyl (C=O) groups is 3. The summed E-state index contributed by atoms with van der Waals surface area (Å²) in [5.41, 5.74) is 0.932. The molecule has 208 valence electrons. The van der Waals surface area contributed by atoms with E-state index in [4.69, 9.17) is 9.47 Å². The number of ether oxygens (including phenoxy) is 2. The number of fused-ring (bicyclic) bond motifs is 2. The number of methoxy groups -OCH3 is 2. The van der Waals surface area contributed by atoms with Crippen molar-refractivity contribution in [3.8, 4) is 11.5 Å². The van der Waals surface area contributed by atoms with Gasteiger partial charge in [0.1, 0.15) is 0 Å². The van der Waals surface area contributed by atoms with Gasteiger partial charge in [0.2, 0.25) is 9.84 Å². The van der Waals surface area contributed by atoms with Crippen LogP contribution in [0.4, 0.5) is 11.4 Å². The van der Waals surface area contributed by atoms with Crippen molar-refractivity contribution < 1.29 is 37.4 Å². The Morgan fingerprint density at radius 3 is 2.32 bits per heavy atom. The minimum absolute atomic E-state index is 0.00751. The number of benzene rings is 4. The summed E-state index contributed by atoms with van der Waals surface area (Å²) in [5, 5.41) is 12.2. The van der Waals surface area contributed by atoms with Gasteiger partial charge in [0, 0.05) is 17.3 Å². The van der Waals surface area contributed by atoms with Crippen LogP contribution in [-0.4, -0.2) is 45.5 Å². The van der Waals surface area contributed by atoms with E-state index in [9.17, 15) is 27.9 Å². The van der Waals surface area contributed by atoms with E-state index in [-0.39, 0.29) is 38.7 Å². The van der Waals surface area contributed by atoms with Crippen LogP contribution in [0, 0.1) is 0 Å². The molecule has 1 aliphatic heterocycles. The zero-order valence-electron chi connectivity index (χ0n) is 22.0. The van der Waals surface area contributed by atoms with Crippen LogP contribution in [0.15, 0.2) is 94.7 Å². The molecule has 4 aromatic carbocycles. The molecule has 1 heterocycles. The Kier molecular flexibility index (Phi) is 7.21. The van der Waals surface area contributed by atoms with Gasteiger partial charge in [0.25, 0.3) is 11.8 Å². The first-order valence-corrected chi connectivity index (χ1v) is 13.8. The molecule has 5 rings (SSSR count). The Labute approximate surface area is 235 Å². The Morgan fingerprint density at radius 1 is 0.829 bits per heavy atom.